The van der Waals surface area contributed by atoms with Crippen LogP contribution in [0.2, 0.25) is 0 Å². The van der Waals surface area contributed by atoms with Gasteiger partial charge in [0.1, 0.15) is 0 Å². The topological polar surface area (TPSA) is 110 Å². The third kappa shape index (κ3) is 2.62. The predicted molar refractivity (Wildman–Crippen MR) is 72.0 cm³/mol. The Bertz CT molecular complexity index is 623. The van der Waals surface area contributed by atoms with E-state index in [1.807, 2.05) is 0 Å². The molecule has 20 heavy (non-hydrogen) atoms. The summed E-state index contributed by atoms with van der Waals surface area (Å²) in [5.41, 5.74) is 5.39. The Balaban J connectivity index is 2.46. The summed E-state index contributed by atoms with van der Waals surface area (Å²) in [4.78, 5) is 10.9. The number of benzene rings is 1. The van der Waals surface area contributed by atoms with Crippen molar-refractivity contribution in [3.05, 3.63) is 23.8 Å². The third-order valence-electron chi connectivity index (χ3n) is 3.31. The minimum Gasteiger partial charge on any atom is -0.478 e. The van der Waals surface area contributed by atoms with Gasteiger partial charge in [0.25, 0.3) is 0 Å². The molecule has 0 amide bonds. The molecule has 1 unspecified atom stereocenters. The Hall–Kier alpha value is -1.64. The van der Waals surface area contributed by atoms with Crippen LogP contribution in [0.5, 0.6) is 0 Å². The van der Waals surface area contributed by atoms with Crippen molar-refractivity contribution in [2.24, 2.45) is 0 Å². The summed E-state index contributed by atoms with van der Waals surface area (Å²) >= 11 is 0. The van der Waals surface area contributed by atoms with Crippen LogP contribution in [-0.2, 0) is 14.8 Å². The number of carbonyl (C=O) groups is 1. The molecule has 1 aromatic carbocycles. The second kappa shape index (κ2) is 5.39. The minimum absolute atomic E-state index is 0.202. The van der Waals surface area contributed by atoms with Crippen molar-refractivity contribution in [3.8, 4) is 0 Å². The van der Waals surface area contributed by atoms with Crippen LogP contribution in [0.1, 0.15) is 16.8 Å². The number of nitrogens with zero attached hydrogens (tertiary/aromatic N) is 1. The van der Waals surface area contributed by atoms with E-state index in [-0.39, 0.29) is 22.2 Å². The van der Waals surface area contributed by atoms with Crippen LogP contribution in [-0.4, -0.2) is 50.1 Å². The van der Waals surface area contributed by atoms with Crippen LogP contribution < -0.4 is 5.73 Å². The van der Waals surface area contributed by atoms with E-state index in [1.54, 1.807) is 0 Å². The number of nitrogens with two attached hydrogens (primary N) is 1. The van der Waals surface area contributed by atoms with E-state index in [0.717, 1.165) is 10.4 Å². The number of hydrogen-bond acceptors (Lipinski definition) is 5. The standard InChI is InChI=1S/C12H16N2O5S/c1-14(9-4-5-19-7-9)20(17,18)11-3-2-8(13)6-10(11)12(15)16/h2-3,6,9H,4-5,7,13H2,1H3,(H,15,16). The molecular formula is C12H16N2O5S. The Labute approximate surface area is 117 Å². The number of nitrogen functional groups attached to an aromatic ring is 1. The van der Waals surface area contributed by atoms with Crippen molar-refractivity contribution >= 4 is 21.7 Å². The normalized spacial score (nSPS) is 19.4. The quantitative estimate of drug-likeness (QED) is 0.778. The van der Waals surface area contributed by atoms with Crippen molar-refractivity contribution < 1.29 is 23.1 Å². The summed E-state index contributed by atoms with van der Waals surface area (Å²) in [7, 11) is -2.47. The van der Waals surface area contributed by atoms with E-state index in [9.17, 15) is 13.2 Å². The van der Waals surface area contributed by atoms with Crippen molar-refractivity contribution in [1.82, 2.24) is 4.31 Å². The molecule has 1 aliphatic rings. The van der Waals surface area contributed by atoms with Gasteiger partial charge in [-0.25, -0.2) is 13.2 Å². The number of sulfonamides is 1. The SMILES string of the molecule is CN(C1CCOC1)S(=O)(=O)c1ccc(N)cc1C(=O)O. The maximum absolute atomic E-state index is 12.5. The molecule has 2 rings (SSSR count). The zero-order valence-corrected chi connectivity index (χ0v) is 11.8. The highest BCUT2D eigenvalue weighted by Gasteiger charge is 2.33. The van der Waals surface area contributed by atoms with Crippen molar-refractivity contribution in [1.29, 1.82) is 0 Å². The van der Waals surface area contributed by atoms with Crippen LogP contribution in [0.15, 0.2) is 23.1 Å². The summed E-state index contributed by atoms with van der Waals surface area (Å²) in [5, 5.41) is 9.14. The molecule has 7 nitrogen and oxygen atoms in total. The van der Waals surface area contributed by atoms with E-state index < -0.39 is 16.0 Å². The molecule has 0 saturated carbocycles. The molecule has 1 fully saturated rings. The largest absolute Gasteiger partial charge is 0.478 e. The summed E-state index contributed by atoms with van der Waals surface area (Å²) in [6, 6.07) is 3.46. The fraction of sp³-hybridized carbons (Fsp3) is 0.417. The van der Waals surface area contributed by atoms with Gasteiger partial charge in [-0.3, -0.25) is 0 Å². The smallest absolute Gasteiger partial charge is 0.337 e. The summed E-state index contributed by atoms with van der Waals surface area (Å²) < 4.78 is 31.4. The molecule has 0 spiro atoms. The van der Waals surface area contributed by atoms with E-state index in [4.69, 9.17) is 15.6 Å². The first kappa shape index (κ1) is 14.8. The van der Waals surface area contributed by atoms with E-state index in [2.05, 4.69) is 0 Å². The molecule has 1 saturated heterocycles. The second-order valence-electron chi connectivity index (χ2n) is 4.60. The maximum atomic E-state index is 12.5. The summed E-state index contributed by atoms with van der Waals surface area (Å²) in [5.74, 6) is -1.33. The Morgan fingerprint density at radius 3 is 2.75 bits per heavy atom. The monoisotopic (exact) mass is 300 g/mol. The van der Waals surface area contributed by atoms with Gasteiger partial charge in [0, 0.05) is 19.3 Å². The fourth-order valence-corrected chi connectivity index (χ4v) is 3.63. The van der Waals surface area contributed by atoms with Gasteiger partial charge in [-0.2, -0.15) is 4.31 Å². The first-order valence-corrected chi connectivity index (χ1v) is 7.46. The van der Waals surface area contributed by atoms with E-state index in [1.165, 1.54) is 19.2 Å². The Kier molecular flexibility index (Phi) is 3.98. The van der Waals surface area contributed by atoms with Crippen LogP contribution in [0.3, 0.4) is 0 Å². The lowest BCUT2D eigenvalue weighted by atomic mass is 10.2. The molecule has 0 aromatic heterocycles. The zero-order valence-electron chi connectivity index (χ0n) is 10.9. The van der Waals surface area contributed by atoms with Crippen molar-refractivity contribution in [2.45, 2.75) is 17.4 Å². The molecule has 0 bridgehead atoms. The van der Waals surface area contributed by atoms with Crippen molar-refractivity contribution in [3.63, 3.8) is 0 Å². The number of carboxylic acids is 1. The minimum atomic E-state index is -3.90. The zero-order chi connectivity index (χ0) is 14.9. The molecule has 1 atom stereocenters. The van der Waals surface area contributed by atoms with Gasteiger partial charge in [-0.05, 0) is 24.6 Å². The summed E-state index contributed by atoms with van der Waals surface area (Å²) in [6.45, 7) is 0.811. The van der Waals surface area contributed by atoms with Crippen molar-refractivity contribution in [2.75, 3.05) is 26.0 Å². The predicted octanol–water partition coefficient (Wildman–Crippen LogP) is 0.376. The molecule has 110 valence electrons. The molecular weight excluding hydrogens is 284 g/mol. The van der Waals surface area contributed by atoms with E-state index in [0.29, 0.717) is 19.6 Å². The number of likely N-dealkylation sites (N-methyl/N-ethyl adjacent to an activating group) is 1. The number of anilines is 1. The first-order chi connectivity index (χ1) is 9.34. The molecule has 1 heterocycles. The van der Waals surface area contributed by atoms with Gasteiger partial charge in [0.2, 0.25) is 10.0 Å². The fourth-order valence-electron chi connectivity index (χ4n) is 2.10. The highest BCUT2D eigenvalue weighted by atomic mass is 32.2. The molecule has 3 N–H and O–H groups in total. The molecule has 1 aliphatic heterocycles. The van der Waals surface area contributed by atoms with Gasteiger partial charge in [0.05, 0.1) is 23.1 Å². The van der Waals surface area contributed by atoms with Gasteiger partial charge in [-0.1, -0.05) is 0 Å². The number of aromatic carboxylic acids is 1. The van der Waals surface area contributed by atoms with Crippen LogP contribution in [0, 0.1) is 0 Å². The number of rotatable bonds is 4. The second-order valence-corrected chi connectivity index (χ2v) is 6.57. The lowest BCUT2D eigenvalue weighted by molar-refractivity contribution is 0.0692. The molecule has 0 aliphatic carbocycles. The highest BCUT2D eigenvalue weighted by molar-refractivity contribution is 7.89. The van der Waals surface area contributed by atoms with Crippen LogP contribution in [0.4, 0.5) is 5.69 Å². The van der Waals surface area contributed by atoms with E-state index >= 15 is 0 Å². The average molecular weight is 300 g/mol. The van der Waals surface area contributed by atoms with Gasteiger partial charge in [-0.15, -0.1) is 0 Å². The first-order valence-electron chi connectivity index (χ1n) is 6.02. The van der Waals surface area contributed by atoms with Gasteiger partial charge < -0.3 is 15.6 Å². The maximum Gasteiger partial charge on any atom is 0.337 e. The molecule has 1 aromatic rings. The lowest BCUT2D eigenvalue weighted by Crippen LogP contribution is -2.38. The molecule has 0 radical (unpaired) electrons. The Morgan fingerprint density at radius 2 is 2.20 bits per heavy atom. The van der Waals surface area contributed by atoms with Crippen LogP contribution >= 0.6 is 0 Å². The van der Waals surface area contributed by atoms with Gasteiger partial charge >= 0.3 is 5.97 Å². The lowest BCUT2D eigenvalue weighted by Gasteiger charge is -2.23. The average Bonchev–Trinajstić information content (AvgIpc) is 2.91. The summed E-state index contributed by atoms with van der Waals surface area (Å²) in [6.07, 6.45) is 0.590. The third-order valence-corrected chi connectivity index (χ3v) is 5.28. The Morgan fingerprint density at radius 1 is 1.50 bits per heavy atom. The number of carboxylic acid groups (broad SMARTS) is 1. The van der Waals surface area contributed by atoms with Gasteiger partial charge in [0.15, 0.2) is 0 Å². The number of ether oxygens (including phenoxy) is 1. The molecule has 8 heteroatoms. The number of hydrogen-bond donors (Lipinski definition) is 2. The highest BCUT2D eigenvalue weighted by Crippen LogP contribution is 2.25. The van der Waals surface area contributed by atoms with Crippen LogP contribution in [0.25, 0.3) is 0 Å².